The largest absolute Gasteiger partial charge is 0.117 e. The summed E-state index contributed by atoms with van der Waals surface area (Å²) in [5, 5.41) is 1.03. The van der Waals surface area contributed by atoms with Gasteiger partial charge in [0.2, 0.25) is 0 Å². The molecular formula is C15H13Cl3. The summed E-state index contributed by atoms with van der Waals surface area (Å²) in [6.45, 7) is 2.06. The Labute approximate surface area is 122 Å². The zero-order valence-corrected chi connectivity index (χ0v) is 12.2. The smallest absolute Gasteiger partial charge is 0.0654 e. The van der Waals surface area contributed by atoms with Crippen LogP contribution >= 0.6 is 34.8 Å². The summed E-state index contributed by atoms with van der Waals surface area (Å²) in [7, 11) is 0. The average Bonchev–Trinajstić information content (AvgIpc) is 2.32. The SMILES string of the molecule is Cc1ccc(CC(Cl)c2c(Cl)cccc2Cl)cc1. The molecule has 0 radical (unpaired) electrons. The van der Waals surface area contributed by atoms with Gasteiger partial charge in [-0.3, -0.25) is 0 Å². The number of benzene rings is 2. The van der Waals surface area contributed by atoms with E-state index in [1.807, 2.05) is 18.2 Å². The van der Waals surface area contributed by atoms with Gasteiger partial charge >= 0.3 is 0 Å². The van der Waals surface area contributed by atoms with E-state index in [4.69, 9.17) is 34.8 Å². The minimum atomic E-state index is -0.214. The van der Waals surface area contributed by atoms with Gasteiger partial charge in [0.15, 0.2) is 0 Å². The number of halogens is 3. The maximum atomic E-state index is 6.42. The monoisotopic (exact) mass is 298 g/mol. The first-order valence-electron chi connectivity index (χ1n) is 5.71. The molecule has 0 heterocycles. The van der Waals surface area contributed by atoms with Crippen molar-refractivity contribution in [2.45, 2.75) is 18.7 Å². The zero-order chi connectivity index (χ0) is 13.1. The van der Waals surface area contributed by atoms with Gasteiger partial charge in [0.05, 0.1) is 5.38 Å². The third kappa shape index (κ3) is 3.20. The molecule has 0 aliphatic heterocycles. The summed E-state index contributed by atoms with van der Waals surface area (Å²) in [5.41, 5.74) is 3.22. The Morgan fingerprint density at radius 3 is 2.06 bits per heavy atom. The van der Waals surface area contributed by atoms with Crippen molar-refractivity contribution >= 4 is 34.8 Å². The molecule has 0 N–H and O–H groups in total. The van der Waals surface area contributed by atoms with Crippen molar-refractivity contribution in [2.75, 3.05) is 0 Å². The van der Waals surface area contributed by atoms with Crippen molar-refractivity contribution in [3.8, 4) is 0 Å². The molecule has 0 aliphatic rings. The van der Waals surface area contributed by atoms with Gasteiger partial charge in [0.25, 0.3) is 0 Å². The van der Waals surface area contributed by atoms with Crippen LogP contribution in [0, 0.1) is 6.92 Å². The van der Waals surface area contributed by atoms with Gasteiger partial charge in [0.1, 0.15) is 0 Å². The fourth-order valence-electron chi connectivity index (χ4n) is 1.84. The van der Waals surface area contributed by atoms with E-state index in [2.05, 4.69) is 31.2 Å². The highest BCUT2D eigenvalue weighted by molar-refractivity contribution is 6.37. The molecule has 0 nitrogen and oxygen atoms in total. The van der Waals surface area contributed by atoms with Crippen LogP contribution in [0.15, 0.2) is 42.5 Å². The lowest BCUT2D eigenvalue weighted by atomic mass is 10.0. The van der Waals surface area contributed by atoms with E-state index in [1.165, 1.54) is 11.1 Å². The van der Waals surface area contributed by atoms with Crippen LogP contribution in [0.2, 0.25) is 10.0 Å². The molecule has 0 saturated heterocycles. The van der Waals surface area contributed by atoms with Gasteiger partial charge in [-0.15, -0.1) is 11.6 Å². The summed E-state index contributed by atoms with van der Waals surface area (Å²) in [6, 6.07) is 13.8. The molecule has 1 unspecified atom stereocenters. The van der Waals surface area contributed by atoms with E-state index >= 15 is 0 Å². The van der Waals surface area contributed by atoms with Crippen LogP contribution in [0.25, 0.3) is 0 Å². The first kappa shape index (κ1) is 13.7. The molecule has 2 aromatic carbocycles. The summed E-state index contributed by atoms with van der Waals surface area (Å²) < 4.78 is 0. The molecule has 0 aromatic heterocycles. The number of alkyl halides is 1. The maximum absolute atomic E-state index is 6.42. The van der Waals surface area contributed by atoms with Crippen molar-refractivity contribution in [2.24, 2.45) is 0 Å². The Morgan fingerprint density at radius 1 is 0.944 bits per heavy atom. The summed E-state index contributed by atoms with van der Waals surface area (Å²) in [6.07, 6.45) is 0.714. The minimum Gasteiger partial charge on any atom is -0.117 e. The average molecular weight is 300 g/mol. The summed E-state index contributed by atoms with van der Waals surface area (Å²) >= 11 is 18.7. The lowest BCUT2D eigenvalue weighted by Gasteiger charge is -2.13. The van der Waals surface area contributed by atoms with Crippen LogP contribution in [0.4, 0.5) is 0 Å². The minimum absolute atomic E-state index is 0.214. The lowest BCUT2D eigenvalue weighted by molar-refractivity contribution is 0.919. The number of rotatable bonds is 3. The molecule has 2 aromatic rings. The topological polar surface area (TPSA) is 0 Å². The highest BCUT2D eigenvalue weighted by Crippen LogP contribution is 2.35. The molecule has 1 atom stereocenters. The second-order valence-corrected chi connectivity index (χ2v) is 5.63. The van der Waals surface area contributed by atoms with E-state index in [0.717, 1.165) is 5.56 Å². The standard InChI is InChI=1S/C15H13Cl3/c1-10-5-7-11(8-6-10)9-14(18)15-12(16)3-2-4-13(15)17/h2-8,14H,9H2,1H3. The molecule has 0 spiro atoms. The van der Waals surface area contributed by atoms with Gasteiger partial charge in [-0.2, -0.15) is 0 Å². The molecular weight excluding hydrogens is 287 g/mol. The Kier molecular flexibility index (Phi) is 4.55. The molecule has 18 heavy (non-hydrogen) atoms. The van der Waals surface area contributed by atoms with Crippen molar-refractivity contribution in [3.63, 3.8) is 0 Å². The predicted octanol–water partition coefficient (Wildman–Crippen LogP) is 5.82. The van der Waals surface area contributed by atoms with Gasteiger partial charge in [0, 0.05) is 15.6 Å². The van der Waals surface area contributed by atoms with Crippen LogP contribution in [0.1, 0.15) is 22.1 Å². The third-order valence-corrected chi connectivity index (χ3v) is 3.88. The Morgan fingerprint density at radius 2 is 1.50 bits per heavy atom. The van der Waals surface area contributed by atoms with Crippen LogP contribution in [-0.2, 0) is 6.42 Å². The van der Waals surface area contributed by atoms with E-state index in [9.17, 15) is 0 Å². The normalized spacial score (nSPS) is 12.4. The van der Waals surface area contributed by atoms with E-state index < -0.39 is 0 Å². The van der Waals surface area contributed by atoms with Gasteiger partial charge in [-0.25, -0.2) is 0 Å². The highest BCUT2D eigenvalue weighted by Gasteiger charge is 2.15. The van der Waals surface area contributed by atoms with Crippen LogP contribution in [0.5, 0.6) is 0 Å². The molecule has 0 bridgehead atoms. The van der Waals surface area contributed by atoms with E-state index in [-0.39, 0.29) is 5.38 Å². The highest BCUT2D eigenvalue weighted by atomic mass is 35.5. The van der Waals surface area contributed by atoms with Crippen molar-refractivity contribution < 1.29 is 0 Å². The summed E-state index contributed by atoms with van der Waals surface area (Å²) in [5.74, 6) is 0. The quantitative estimate of drug-likeness (QED) is 0.626. The molecule has 2 rings (SSSR count). The van der Waals surface area contributed by atoms with E-state index in [0.29, 0.717) is 16.5 Å². The molecule has 3 heteroatoms. The third-order valence-electron chi connectivity index (χ3n) is 2.85. The van der Waals surface area contributed by atoms with Crippen molar-refractivity contribution in [1.29, 1.82) is 0 Å². The van der Waals surface area contributed by atoms with Crippen LogP contribution in [-0.4, -0.2) is 0 Å². The van der Waals surface area contributed by atoms with E-state index in [1.54, 1.807) is 0 Å². The zero-order valence-electron chi connectivity index (χ0n) is 9.96. The maximum Gasteiger partial charge on any atom is 0.0654 e. The number of aryl methyl sites for hydroxylation is 1. The first-order chi connectivity index (χ1) is 8.58. The fraction of sp³-hybridized carbons (Fsp3) is 0.200. The molecule has 0 amide bonds. The Hall–Kier alpha value is -0.690. The van der Waals surface area contributed by atoms with Gasteiger partial charge in [-0.1, -0.05) is 59.1 Å². The van der Waals surface area contributed by atoms with Crippen LogP contribution < -0.4 is 0 Å². The second-order valence-electron chi connectivity index (χ2n) is 4.29. The number of hydrogen-bond donors (Lipinski definition) is 0. The van der Waals surface area contributed by atoms with Gasteiger partial charge < -0.3 is 0 Å². The van der Waals surface area contributed by atoms with Crippen LogP contribution in [0.3, 0.4) is 0 Å². The molecule has 0 aliphatic carbocycles. The Bertz CT molecular complexity index is 512. The summed E-state index contributed by atoms with van der Waals surface area (Å²) in [4.78, 5) is 0. The molecule has 0 saturated carbocycles. The molecule has 0 fully saturated rings. The lowest BCUT2D eigenvalue weighted by Crippen LogP contribution is -1.98. The fourth-order valence-corrected chi connectivity index (χ4v) is 3.03. The van der Waals surface area contributed by atoms with Gasteiger partial charge in [-0.05, 0) is 31.0 Å². The Balaban J connectivity index is 2.22. The first-order valence-corrected chi connectivity index (χ1v) is 6.90. The second kappa shape index (κ2) is 5.97. The molecule has 94 valence electrons. The van der Waals surface area contributed by atoms with Crippen molar-refractivity contribution in [3.05, 3.63) is 69.2 Å². The predicted molar refractivity (Wildman–Crippen MR) is 79.9 cm³/mol. The number of hydrogen-bond acceptors (Lipinski definition) is 0. The van der Waals surface area contributed by atoms with Crippen molar-refractivity contribution in [1.82, 2.24) is 0 Å².